The van der Waals surface area contributed by atoms with Crippen LogP contribution in [0.1, 0.15) is 36.8 Å². The zero-order chi connectivity index (χ0) is 14.7. The molecule has 116 valence electrons. The first kappa shape index (κ1) is 14.7. The van der Waals surface area contributed by atoms with Crippen LogP contribution in [0, 0.1) is 0 Å². The second-order valence-electron chi connectivity index (χ2n) is 5.41. The summed E-state index contributed by atoms with van der Waals surface area (Å²) in [7, 11) is 1.89. The van der Waals surface area contributed by atoms with Crippen molar-refractivity contribution in [2.24, 2.45) is 0 Å². The van der Waals surface area contributed by atoms with Crippen LogP contribution in [-0.4, -0.2) is 43.4 Å². The molecule has 0 radical (unpaired) electrons. The van der Waals surface area contributed by atoms with E-state index in [4.69, 9.17) is 24.2 Å². The lowest BCUT2D eigenvalue weighted by atomic mass is 9.92. The molecule has 3 heterocycles. The lowest BCUT2D eigenvalue weighted by Crippen LogP contribution is -2.39. The average Bonchev–Trinajstić information content (AvgIpc) is 2.55. The van der Waals surface area contributed by atoms with Crippen LogP contribution < -0.4 is 5.32 Å². The molecule has 1 N–H and O–H groups in total. The summed E-state index contributed by atoms with van der Waals surface area (Å²) in [6.45, 7) is 5.35. The predicted molar refractivity (Wildman–Crippen MR) is 78.3 cm³/mol. The second-order valence-corrected chi connectivity index (χ2v) is 5.41. The Morgan fingerprint density at radius 3 is 2.71 bits per heavy atom. The van der Waals surface area contributed by atoms with Crippen LogP contribution in [0.4, 0.5) is 5.82 Å². The molecule has 0 unspecified atom stereocenters. The Labute approximate surface area is 125 Å². The third-order valence-corrected chi connectivity index (χ3v) is 4.19. The molecule has 2 aliphatic rings. The maximum Gasteiger partial charge on any atom is 0.163 e. The number of hydrogen-bond acceptors (Lipinski definition) is 6. The molecular weight excluding hydrogens is 270 g/mol. The van der Waals surface area contributed by atoms with Crippen molar-refractivity contribution in [3.05, 3.63) is 17.1 Å². The zero-order valence-corrected chi connectivity index (χ0v) is 12.8. The normalized spacial score (nSPS) is 20.9. The minimum Gasteiger partial charge on any atom is -0.381 e. The van der Waals surface area contributed by atoms with Gasteiger partial charge in [0.15, 0.2) is 5.82 Å². The van der Waals surface area contributed by atoms with Crippen molar-refractivity contribution in [1.29, 1.82) is 0 Å². The van der Waals surface area contributed by atoms with Gasteiger partial charge < -0.3 is 19.5 Å². The first-order chi connectivity index (χ1) is 10.3. The van der Waals surface area contributed by atoms with E-state index in [9.17, 15) is 0 Å². The largest absolute Gasteiger partial charge is 0.381 e. The summed E-state index contributed by atoms with van der Waals surface area (Å²) < 4.78 is 17.1. The van der Waals surface area contributed by atoms with Crippen molar-refractivity contribution in [1.82, 2.24) is 9.97 Å². The summed E-state index contributed by atoms with van der Waals surface area (Å²) in [4.78, 5) is 9.56. The maximum atomic E-state index is 6.08. The van der Waals surface area contributed by atoms with Crippen LogP contribution in [0.2, 0.25) is 0 Å². The van der Waals surface area contributed by atoms with Crippen molar-refractivity contribution < 1.29 is 14.2 Å². The highest BCUT2D eigenvalue weighted by Gasteiger charge is 2.39. The zero-order valence-electron chi connectivity index (χ0n) is 12.8. The van der Waals surface area contributed by atoms with E-state index < -0.39 is 5.60 Å². The van der Waals surface area contributed by atoms with Gasteiger partial charge in [0.05, 0.1) is 18.9 Å². The van der Waals surface area contributed by atoms with Crippen molar-refractivity contribution in [2.75, 3.05) is 38.8 Å². The number of ether oxygens (including phenoxy) is 3. The maximum absolute atomic E-state index is 6.08. The Hall–Kier alpha value is -1.24. The molecule has 2 aliphatic heterocycles. The fraction of sp³-hybridized carbons (Fsp3) is 0.733. The summed E-state index contributed by atoms with van der Waals surface area (Å²) in [5.41, 5.74) is 1.75. The Kier molecular flexibility index (Phi) is 4.37. The molecular formula is C15H23N3O3. The summed E-state index contributed by atoms with van der Waals surface area (Å²) in [6.07, 6.45) is 2.44. The van der Waals surface area contributed by atoms with Crippen molar-refractivity contribution in [2.45, 2.75) is 38.4 Å². The first-order valence-corrected chi connectivity index (χ1v) is 7.66. The number of aromatic nitrogens is 2. The minimum absolute atomic E-state index is 0.411. The van der Waals surface area contributed by atoms with E-state index in [0.717, 1.165) is 48.8 Å². The molecule has 21 heavy (non-hydrogen) atoms. The van der Waals surface area contributed by atoms with E-state index in [1.54, 1.807) is 0 Å². The third kappa shape index (κ3) is 2.75. The van der Waals surface area contributed by atoms with E-state index in [1.165, 1.54) is 0 Å². The number of nitrogens with zero attached hydrogens (tertiary/aromatic N) is 2. The van der Waals surface area contributed by atoms with Gasteiger partial charge in [-0.15, -0.1) is 0 Å². The van der Waals surface area contributed by atoms with Gasteiger partial charge in [0.25, 0.3) is 0 Å². The Balaban J connectivity index is 2.03. The van der Waals surface area contributed by atoms with Crippen LogP contribution in [0.15, 0.2) is 0 Å². The topological polar surface area (TPSA) is 65.5 Å². The first-order valence-electron chi connectivity index (χ1n) is 7.66. The van der Waals surface area contributed by atoms with Crippen LogP contribution in [0.5, 0.6) is 0 Å². The smallest absolute Gasteiger partial charge is 0.163 e. The number of hydrogen-bond donors (Lipinski definition) is 1. The highest BCUT2D eigenvalue weighted by Crippen LogP contribution is 2.36. The molecule has 6 heteroatoms. The molecule has 1 aromatic rings. The van der Waals surface area contributed by atoms with Gasteiger partial charge in [-0.05, 0) is 6.92 Å². The standard InChI is InChI=1S/C15H23N3O3/c1-3-21-15(5-8-19-9-6-15)14-17-12-4-7-20-10-11(12)13(16-2)18-14/h3-10H2,1-2H3,(H,16,17,18). The Morgan fingerprint density at radius 1 is 1.19 bits per heavy atom. The number of fused-ring (bicyclic) bond motifs is 1. The lowest BCUT2D eigenvalue weighted by molar-refractivity contribution is -0.118. The van der Waals surface area contributed by atoms with E-state index in [-0.39, 0.29) is 0 Å². The van der Waals surface area contributed by atoms with Crippen LogP contribution in [-0.2, 0) is 32.8 Å². The molecule has 0 saturated carbocycles. The molecule has 6 nitrogen and oxygen atoms in total. The number of rotatable bonds is 4. The molecule has 0 amide bonds. The van der Waals surface area contributed by atoms with Crippen molar-refractivity contribution in [3.8, 4) is 0 Å². The number of nitrogens with one attached hydrogen (secondary N) is 1. The van der Waals surface area contributed by atoms with Gasteiger partial charge in [0.2, 0.25) is 0 Å². The van der Waals surface area contributed by atoms with Crippen LogP contribution in [0.3, 0.4) is 0 Å². The average molecular weight is 293 g/mol. The fourth-order valence-electron chi connectivity index (χ4n) is 3.05. The fourth-order valence-corrected chi connectivity index (χ4v) is 3.05. The van der Waals surface area contributed by atoms with Gasteiger partial charge >= 0.3 is 0 Å². The van der Waals surface area contributed by atoms with Gasteiger partial charge in [-0.2, -0.15) is 0 Å². The predicted octanol–water partition coefficient (Wildman–Crippen LogP) is 1.63. The molecule has 0 aliphatic carbocycles. The summed E-state index contributed by atoms with van der Waals surface area (Å²) >= 11 is 0. The molecule has 1 saturated heterocycles. The quantitative estimate of drug-likeness (QED) is 0.910. The Bertz CT molecular complexity index is 478. The monoisotopic (exact) mass is 293 g/mol. The molecule has 0 spiro atoms. The minimum atomic E-state index is -0.411. The summed E-state index contributed by atoms with van der Waals surface area (Å²) in [6, 6.07) is 0. The van der Waals surface area contributed by atoms with Crippen molar-refractivity contribution in [3.63, 3.8) is 0 Å². The van der Waals surface area contributed by atoms with E-state index in [1.807, 2.05) is 14.0 Å². The van der Waals surface area contributed by atoms with Gasteiger partial charge in [0.1, 0.15) is 11.4 Å². The van der Waals surface area contributed by atoms with E-state index in [0.29, 0.717) is 26.4 Å². The second kappa shape index (κ2) is 6.25. The van der Waals surface area contributed by atoms with Crippen LogP contribution >= 0.6 is 0 Å². The Morgan fingerprint density at radius 2 is 2.00 bits per heavy atom. The highest BCUT2D eigenvalue weighted by molar-refractivity contribution is 5.47. The third-order valence-electron chi connectivity index (χ3n) is 4.19. The van der Waals surface area contributed by atoms with Gasteiger partial charge in [-0.3, -0.25) is 0 Å². The van der Waals surface area contributed by atoms with Crippen LogP contribution in [0.25, 0.3) is 0 Å². The highest BCUT2D eigenvalue weighted by atomic mass is 16.5. The molecule has 3 rings (SSSR count). The van der Waals surface area contributed by atoms with Gasteiger partial charge in [-0.1, -0.05) is 0 Å². The molecule has 0 atom stereocenters. The van der Waals surface area contributed by atoms with Gasteiger partial charge in [-0.25, -0.2) is 9.97 Å². The molecule has 0 bridgehead atoms. The number of anilines is 1. The van der Waals surface area contributed by atoms with E-state index in [2.05, 4.69) is 5.32 Å². The molecule has 1 fully saturated rings. The lowest BCUT2D eigenvalue weighted by Gasteiger charge is -2.36. The summed E-state index contributed by atoms with van der Waals surface area (Å²) in [5, 5.41) is 3.18. The molecule has 0 aromatic carbocycles. The SMILES string of the molecule is CCOC1(c2nc3c(c(NC)n2)COCC3)CCOCC1. The molecule has 1 aromatic heterocycles. The van der Waals surface area contributed by atoms with Gasteiger partial charge in [0, 0.05) is 51.7 Å². The summed E-state index contributed by atoms with van der Waals surface area (Å²) in [5.74, 6) is 1.65. The van der Waals surface area contributed by atoms with E-state index >= 15 is 0 Å². The van der Waals surface area contributed by atoms with Crippen molar-refractivity contribution >= 4 is 5.82 Å².